The lowest BCUT2D eigenvalue weighted by Crippen LogP contribution is -2.45. The summed E-state index contributed by atoms with van der Waals surface area (Å²) >= 11 is 1.32. The second-order valence-corrected chi connectivity index (χ2v) is 5.40. The fourth-order valence-corrected chi connectivity index (χ4v) is 2.60. The molecule has 0 radical (unpaired) electrons. The van der Waals surface area contributed by atoms with Crippen LogP contribution >= 0.6 is 11.3 Å². The van der Waals surface area contributed by atoms with Gasteiger partial charge >= 0.3 is 5.97 Å². The molecular weight excluding hydrogens is 250 g/mol. The van der Waals surface area contributed by atoms with Crippen LogP contribution < -0.4 is 5.73 Å². The van der Waals surface area contributed by atoms with Crippen molar-refractivity contribution in [2.75, 3.05) is 52.1 Å². The van der Waals surface area contributed by atoms with Crippen LogP contribution in [-0.4, -0.2) is 62.1 Å². The Balaban J connectivity index is 1.69. The SMILES string of the molecule is CN1CCN(CCOC(=O)c2sccc2N)CC1. The molecule has 0 aromatic carbocycles. The molecule has 2 N–H and O–H groups in total. The summed E-state index contributed by atoms with van der Waals surface area (Å²) in [6.07, 6.45) is 0. The number of nitrogens with two attached hydrogens (primary N) is 1. The zero-order valence-corrected chi connectivity index (χ0v) is 11.4. The van der Waals surface area contributed by atoms with E-state index < -0.39 is 0 Å². The second kappa shape index (κ2) is 6.17. The van der Waals surface area contributed by atoms with Crippen LogP contribution in [0.2, 0.25) is 0 Å². The molecular formula is C12H19N3O2S. The van der Waals surface area contributed by atoms with Crippen molar-refractivity contribution in [2.45, 2.75) is 0 Å². The molecule has 6 heteroatoms. The zero-order chi connectivity index (χ0) is 13.0. The Hall–Kier alpha value is -1.11. The van der Waals surface area contributed by atoms with Crippen LogP contribution in [0.4, 0.5) is 5.69 Å². The van der Waals surface area contributed by atoms with Gasteiger partial charge in [0.2, 0.25) is 0 Å². The van der Waals surface area contributed by atoms with Crippen LogP contribution in [0.5, 0.6) is 0 Å². The van der Waals surface area contributed by atoms with Crippen LogP contribution in [0, 0.1) is 0 Å². The second-order valence-electron chi connectivity index (χ2n) is 4.49. The highest BCUT2D eigenvalue weighted by atomic mass is 32.1. The van der Waals surface area contributed by atoms with Crippen molar-refractivity contribution in [3.63, 3.8) is 0 Å². The number of piperazine rings is 1. The molecule has 0 atom stereocenters. The number of nitrogen functional groups attached to an aromatic ring is 1. The van der Waals surface area contributed by atoms with E-state index in [-0.39, 0.29) is 5.97 Å². The molecule has 0 aliphatic carbocycles. The number of carbonyl (C=O) groups is 1. The van der Waals surface area contributed by atoms with E-state index in [0.717, 1.165) is 32.7 Å². The molecule has 0 spiro atoms. The van der Waals surface area contributed by atoms with Gasteiger partial charge in [-0.3, -0.25) is 4.90 Å². The average molecular weight is 269 g/mol. The largest absolute Gasteiger partial charge is 0.460 e. The van der Waals surface area contributed by atoms with E-state index in [1.54, 1.807) is 11.4 Å². The molecule has 0 bridgehead atoms. The third-order valence-electron chi connectivity index (χ3n) is 3.12. The number of nitrogens with zero attached hydrogens (tertiary/aromatic N) is 2. The predicted molar refractivity (Wildman–Crippen MR) is 73.0 cm³/mol. The Kier molecular flexibility index (Phi) is 4.57. The topological polar surface area (TPSA) is 58.8 Å². The maximum Gasteiger partial charge on any atom is 0.350 e. The minimum Gasteiger partial charge on any atom is -0.460 e. The summed E-state index contributed by atoms with van der Waals surface area (Å²) in [4.78, 5) is 16.8. The highest BCUT2D eigenvalue weighted by Crippen LogP contribution is 2.19. The van der Waals surface area contributed by atoms with E-state index in [9.17, 15) is 4.79 Å². The first kappa shape index (κ1) is 13.3. The van der Waals surface area contributed by atoms with Gasteiger partial charge in [0.25, 0.3) is 0 Å². The number of thiophene rings is 1. The quantitative estimate of drug-likeness (QED) is 0.817. The van der Waals surface area contributed by atoms with Crippen LogP contribution in [0.3, 0.4) is 0 Å². The molecule has 1 aliphatic rings. The maximum atomic E-state index is 11.7. The normalized spacial score (nSPS) is 17.8. The summed E-state index contributed by atoms with van der Waals surface area (Å²) in [5, 5.41) is 1.80. The first-order chi connectivity index (χ1) is 8.66. The maximum absolute atomic E-state index is 11.7. The molecule has 0 saturated carbocycles. The highest BCUT2D eigenvalue weighted by Gasteiger charge is 2.15. The molecule has 1 aromatic rings. The number of rotatable bonds is 4. The summed E-state index contributed by atoms with van der Waals surface area (Å²) in [6.45, 7) is 5.45. The Bertz CT molecular complexity index is 400. The fraction of sp³-hybridized carbons (Fsp3) is 0.583. The molecule has 2 rings (SSSR count). The predicted octanol–water partition coefficient (Wildman–Crippen LogP) is 0.735. The summed E-state index contributed by atoms with van der Waals surface area (Å²) in [5.41, 5.74) is 6.17. The van der Waals surface area contributed by atoms with Gasteiger partial charge in [-0.15, -0.1) is 11.3 Å². The summed E-state index contributed by atoms with van der Waals surface area (Å²) in [5.74, 6) is -0.309. The minimum absolute atomic E-state index is 0.309. The zero-order valence-electron chi connectivity index (χ0n) is 10.6. The molecule has 100 valence electrons. The lowest BCUT2D eigenvalue weighted by molar-refractivity contribution is 0.0439. The molecule has 1 saturated heterocycles. The van der Waals surface area contributed by atoms with Gasteiger partial charge in [-0.05, 0) is 18.5 Å². The number of hydrogen-bond donors (Lipinski definition) is 1. The first-order valence-electron chi connectivity index (χ1n) is 6.08. The Labute approximate surface area is 111 Å². The third kappa shape index (κ3) is 3.44. The molecule has 5 nitrogen and oxygen atoms in total. The van der Waals surface area contributed by atoms with E-state index >= 15 is 0 Å². The third-order valence-corrected chi connectivity index (χ3v) is 4.03. The van der Waals surface area contributed by atoms with Gasteiger partial charge in [0.15, 0.2) is 0 Å². The molecule has 2 heterocycles. The number of carbonyl (C=O) groups excluding carboxylic acids is 1. The first-order valence-corrected chi connectivity index (χ1v) is 6.96. The molecule has 0 unspecified atom stereocenters. The number of hydrogen-bond acceptors (Lipinski definition) is 6. The van der Waals surface area contributed by atoms with Crippen molar-refractivity contribution in [3.8, 4) is 0 Å². The number of likely N-dealkylation sites (N-methyl/N-ethyl adjacent to an activating group) is 1. The van der Waals surface area contributed by atoms with Crippen LogP contribution in [0.1, 0.15) is 9.67 Å². The van der Waals surface area contributed by atoms with Gasteiger partial charge in [-0.2, -0.15) is 0 Å². The van der Waals surface area contributed by atoms with E-state index in [4.69, 9.17) is 10.5 Å². The molecule has 1 aliphatic heterocycles. The van der Waals surface area contributed by atoms with Gasteiger partial charge in [-0.25, -0.2) is 4.79 Å². The Morgan fingerprint density at radius 1 is 1.44 bits per heavy atom. The van der Waals surface area contributed by atoms with Crippen molar-refractivity contribution in [2.24, 2.45) is 0 Å². The Morgan fingerprint density at radius 3 is 2.78 bits per heavy atom. The van der Waals surface area contributed by atoms with Gasteiger partial charge in [-0.1, -0.05) is 0 Å². The molecule has 1 fully saturated rings. The lowest BCUT2D eigenvalue weighted by Gasteiger charge is -2.31. The van der Waals surface area contributed by atoms with E-state index in [1.807, 2.05) is 0 Å². The molecule has 0 amide bonds. The summed E-state index contributed by atoms with van der Waals surface area (Å²) in [6, 6.07) is 1.72. The lowest BCUT2D eigenvalue weighted by atomic mass is 10.3. The van der Waals surface area contributed by atoms with Gasteiger partial charge < -0.3 is 15.4 Å². The summed E-state index contributed by atoms with van der Waals surface area (Å²) < 4.78 is 5.23. The van der Waals surface area contributed by atoms with Crippen LogP contribution in [-0.2, 0) is 4.74 Å². The van der Waals surface area contributed by atoms with E-state index in [2.05, 4.69) is 16.8 Å². The standard InChI is InChI=1S/C12H19N3O2S/c1-14-3-5-15(6-4-14)7-8-17-12(16)11-10(13)2-9-18-11/h2,9H,3-8,13H2,1H3. The Morgan fingerprint density at radius 2 is 2.17 bits per heavy atom. The van der Waals surface area contributed by atoms with Gasteiger partial charge in [0.1, 0.15) is 11.5 Å². The average Bonchev–Trinajstić information content (AvgIpc) is 2.78. The van der Waals surface area contributed by atoms with Crippen molar-refractivity contribution < 1.29 is 9.53 Å². The van der Waals surface area contributed by atoms with Gasteiger partial charge in [0.05, 0.1) is 5.69 Å². The van der Waals surface area contributed by atoms with Crippen LogP contribution in [0.25, 0.3) is 0 Å². The van der Waals surface area contributed by atoms with Crippen molar-refractivity contribution >= 4 is 23.0 Å². The van der Waals surface area contributed by atoms with Gasteiger partial charge in [0, 0.05) is 32.7 Å². The van der Waals surface area contributed by atoms with Crippen molar-refractivity contribution in [1.29, 1.82) is 0 Å². The van der Waals surface area contributed by atoms with Crippen molar-refractivity contribution in [1.82, 2.24) is 9.80 Å². The fourth-order valence-electron chi connectivity index (χ4n) is 1.89. The minimum atomic E-state index is -0.309. The summed E-state index contributed by atoms with van der Waals surface area (Å²) in [7, 11) is 2.12. The van der Waals surface area contributed by atoms with Crippen molar-refractivity contribution in [3.05, 3.63) is 16.3 Å². The smallest absolute Gasteiger partial charge is 0.350 e. The van der Waals surface area contributed by atoms with E-state index in [1.165, 1.54) is 11.3 Å². The van der Waals surface area contributed by atoms with E-state index in [0.29, 0.717) is 17.2 Å². The molecule has 1 aromatic heterocycles. The number of anilines is 1. The highest BCUT2D eigenvalue weighted by molar-refractivity contribution is 7.12. The molecule has 18 heavy (non-hydrogen) atoms. The van der Waals surface area contributed by atoms with Crippen LogP contribution in [0.15, 0.2) is 11.4 Å². The number of esters is 1. The number of ether oxygens (including phenoxy) is 1. The monoisotopic (exact) mass is 269 g/mol.